The molecule has 2 aromatic carbocycles. The van der Waals surface area contributed by atoms with Gasteiger partial charge >= 0.3 is 0 Å². The molecule has 0 saturated carbocycles. The monoisotopic (exact) mass is 354 g/mol. The SMILES string of the molecule is Cc1cc(NC(=O)c2cnn(-c3ccc(Cl)cc3)c2)ccc1N(C)C. The lowest BCUT2D eigenvalue weighted by atomic mass is 10.1. The Kier molecular flexibility index (Phi) is 4.76. The Morgan fingerprint density at radius 1 is 1.16 bits per heavy atom. The molecule has 0 aliphatic carbocycles. The van der Waals surface area contributed by atoms with E-state index in [9.17, 15) is 4.79 Å². The highest BCUT2D eigenvalue weighted by molar-refractivity contribution is 6.30. The maximum atomic E-state index is 12.4. The number of benzene rings is 2. The van der Waals surface area contributed by atoms with Crippen LogP contribution < -0.4 is 10.2 Å². The Morgan fingerprint density at radius 2 is 1.88 bits per heavy atom. The normalized spacial score (nSPS) is 10.6. The van der Waals surface area contributed by atoms with Crippen LogP contribution in [0.3, 0.4) is 0 Å². The van der Waals surface area contributed by atoms with Crippen LogP contribution in [0.1, 0.15) is 15.9 Å². The number of amides is 1. The van der Waals surface area contributed by atoms with Gasteiger partial charge in [-0.05, 0) is 55.0 Å². The second-order valence-corrected chi connectivity index (χ2v) is 6.44. The van der Waals surface area contributed by atoms with Crippen molar-refractivity contribution < 1.29 is 4.79 Å². The average molecular weight is 355 g/mol. The first-order chi connectivity index (χ1) is 11.9. The minimum absolute atomic E-state index is 0.197. The fourth-order valence-corrected chi connectivity index (χ4v) is 2.74. The number of carbonyl (C=O) groups is 1. The van der Waals surface area contributed by atoms with E-state index in [2.05, 4.69) is 10.4 Å². The van der Waals surface area contributed by atoms with Gasteiger partial charge in [-0.15, -0.1) is 0 Å². The van der Waals surface area contributed by atoms with Gasteiger partial charge in [-0.25, -0.2) is 4.68 Å². The number of hydrogen-bond donors (Lipinski definition) is 1. The predicted octanol–water partition coefficient (Wildman–Crippen LogP) is 4.15. The van der Waals surface area contributed by atoms with E-state index in [-0.39, 0.29) is 5.91 Å². The molecule has 0 bridgehead atoms. The van der Waals surface area contributed by atoms with Crippen molar-refractivity contribution in [3.05, 3.63) is 71.0 Å². The quantitative estimate of drug-likeness (QED) is 0.765. The van der Waals surface area contributed by atoms with Gasteiger partial charge in [0.15, 0.2) is 0 Å². The number of nitrogens with zero attached hydrogens (tertiary/aromatic N) is 3. The predicted molar refractivity (Wildman–Crippen MR) is 102 cm³/mol. The second-order valence-electron chi connectivity index (χ2n) is 6.00. The summed E-state index contributed by atoms with van der Waals surface area (Å²) in [5, 5.41) is 7.80. The zero-order valence-corrected chi connectivity index (χ0v) is 15.1. The molecule has 0 aliphatic rings. The summed E-state index contributed by atoms with van der Waals surface area (Å²) in [6.45, 7) is 2.02. The molecular weight excluding hydrogens is 336 g/mol. The number of halogens is 1. The van der Waals surface area contributed by atoms with Crippen molar-refractivity contribution >= 4 is 28.9 Å². The topological polar surface area (TPSA) is 50.2 Å². The standard InChI is InChI=1S/C19H19ClN4O/c1-13-10-16(6-9-18(13)23(2)3)22-19(25)14-11-21-24(12-14)17-7-4-15(20)5-8-17/h4-12H,1-3H3,(H,22,25). The molecule has 1 amide bonds. The number of anilines is 2. The lowest BCUT2D eigenvalue weighted by Crippen LogP contribution is -2.13. The Bertz CT molecular complexity index is 900. The van der Waals surface area contributed by atoms with Crippen LogP contribution in [-0.2, 0) is 0 Å². The molecule has 25 heavy (non-hydrogen) atoms. The van der Waals surface area contributed by atoms with Crippen molar-refractivity contribution in [3.63, 3.8) is 0 Å². The summed E-state index contributed by atoms with van der Waals surface area (Å²) in [4.78, 5) is 14.5. The number of nitrogens with one attached hydrogen (secondary N) is 1. The fraction of sp³-hybridized carbons (Fsp3) is 0.158. The van der Waals surface area contributed by atoms with Gasteiger partial charge in [-0.1, -0.05) is 11.6 Å². The lowest BCUT2D eigenvalue weighted by molar-refractivity contribution is 0.102. The molecule has 6 heteroatoms. The number of rotatable bonds is 4. The van der Waals surface area contributed by atoms with Gasteiger partial charge in [0, 0.05) is 36.7 Å². The molecule has 1 aromatic heterocycles. The summed E-state index contributed by atoms with van der Waals surface area (Å²) in [6, 6.07) is 13.1. The zero-order valence-electron chi connectivity index (χ0n) is 14.3. The molecule has 0 fully saturated rings. The van der Waals surface area contributed by atoms with Gasteiger partial charge < -0.3 is 10.2 Å². The summed E-state index contributed by atoms with van der Waals surface area (Å²) in [5.41, 5.74) is 4.31. The minimum atomic E-state index is -0.197. The lowest BCUT2D eigenvalue weighted by Gasteiger charge is -2.16. The van der Waals surface area contributed by atoms with Crippen molar-refractivity contribution in [3.8, 4) is 5.69 Å². The number of hydrogen-bond acceptors (Lipinski definition) is 3. The van der Waals surface area contributed by atoms with Crippen LogP contribution in [0.2, 0.25) is 5.02 Å². The van der Waals surface area contributed by atoms with Gasteiger partial charge in [0.25, 0.3) is 5.91 Å². The molecule has 1 N–H and O–H groups in total. The van der Waals surface area contributed by atoms with Gasteiger partial charge in [0.1, 0.15) is 0 Å². The van der Waals surface area contributed by atoms with Crippen LogP contribution in [-0.4, -0.2) is 29.8 Å². The van der Waals surface area contributed by atoms with Crippen molar-refractivity contribution in [1.82, 2.24) is 9.78 Å². The number of carbonyl (C=O) groups excluding carboxylic acids is 1. The minimum Gasteiger partial charge on any atom is -0.377 e. The van der Waals surface area contributed by atoms with Crippen LogP contribution >= 0.6 is 11.6 Å². The molecule has 0 aliphatic heterocycles. The molecular formula is C19H19ClN4O. The van der Waals surface area contributed by atoms with E-state index < -0.39 is 0 Å². The smallest absolute Gasteiger partial charge is 0.258 e. The van der Waals surface area contributed by atoms with Crippen LogP contribution in [0.15, 0.2) is 54.9 Å². The molecule has 1 heterocycles. The van der Waals surface area contributed by atoms with Crippen molar-refractivity contribution in [2.24, 2.45) is 0 Å². The first-order valence-corrected chi connectivity index (χ1v) is 8.22. The summed E-state index contributed by atoms with van der Waals surface area (Å²) >= 11 is 5.89. The summed E-state index contributed by atoms with van der Waals surface area (Å²) in [5.74, 6) is -0.197. The van der Waals surface area contributed by atoms with E-state index >= 15 is 0 Å². The Morgan fingerprint density at radius 3 is 2.52 bits per heavy atom. The number of aromatic nitrogens is 2. The zero-order chi connectivity index (χ0) is 18.0. The maximum absolute atomic E-state index is 12.4. The molecule has 0 atom stereocenters. The molecule has 0 saturated heterocycles. The first-order valence-electron chi connectivity index (χ1n) is 7.84. The van der Waals surface area contributed by atoms with E-state index in [1.807, 2.05) is 56.3 Å². The molecule has 5 nitrogen and oxygen atoms in total. The summed E-state index contributed by atoms with van der Waals surface area (Å²) in [6.07, 6.45) is 3.24. The molecule has 0 radical (unpaired) electrons. The molecule has 128 valence electrons. The highest BCUT2D eigenvalue weighted by Crippen LogP contribution is 2.22. The van der Waals surface area contributed by atoms with Crippen LogP contribution in [0.25, 0.3) is 5.69 Å². The molecule has 0 spiro atoms. The fourth-order valence-electron chi connectivity index (χ4n) is 2.61. The highest BCUT2D eigenvalue weighted by Gasteiger charge is 2.11. The van der Waals surface area contributed by atoms with Crippen molar-refractivity contribution in [2.45, 2.75) is 6.92 Å². The van der Waals surface area contributed by atoms with Crippen molar-refractivity contribution in [1.29, 1.82) is 0 Å². The highest BCUT2D eigenvalue weighted by atomic mass is 35.5. The third kappa shape index (κ3) is 3.83. The van der Waals surface area contributed by atoms with Crippen LogP contribution in [0, 0.1) is 6.92 Å². The van der Waals surface area contributed by atoms with Gasteiger partial charge in [-0.3, -0.25) is 4.79 Å². The summed E-state index contributed by atoms with van der Waals surface area (Å²) in [7, 11) is 3.98. The average Bonchev–Trinajstić information content (AvgIpc) is 3.05. The largest absolute Gasteiger partial charge is 0.377 e. The van der Waals surface area contributed by atoms with E-state index in [0.29, 0.717) is 10.6 Å². The molecule has 3 aromatic rings. The number of aryl methyl sites for hydroxylation is 1. The molecule has 0 unspecified atom stereocenters. The first kappa shape index (κ1) is 17.0. The van der Waals surface area contributed by atoms with E-state index in [1.54, 1.807) is 29.2 Å². The van der Waals surface area contributed by atoms with E-state index in [0.717, 1.165) is 22.6 Å². The van der Waals surface area contributed by atoms with Gasteiger partial charge in [0.05, 0.1) is 17.4 Å². The van der Waals surface area contributed by atoms with Crippen LogP contribution in [0.5, 0.6) is 0 Å². The Hall–Kier alpha value is -2.79. The summed E-state index contributed by atoms with van der Waals surface area (Å²) < 4.78 is 1.64. The van der Waals surface area contributed by atoms with Crippen molar-refractivity contribution in [2.75, 3.05) is 24.3 Å². The van der Waals surface area contributed by atoms with Gasteiger partial charge in [-0.2, -0.15) is 5.10 Å². The Labute approximate surface area is 151 Å². The third-order valence-electron chi connectivity index (χ3n) is 3.87. The van der Waals surface area contributed by atoms with Gasteiger partial charge in [0.2, 0.25) is 0 Å². The van der Waals surface area contributed by atoms with E-state index in [4.69, 9.17) is 11.6 Å². The van der Waals surface area contributed by atoms with Crippen LogP contribution in [0.4, 0.5) is 11.4 Å². The third-order valence-corrected chi connectivity index (χ3v) is 4.12. The maximum Gasteiger partial charge on any atom is 0.258 e. The Balaban J connectivity index is 1.76. The second kappa shape index (κ2) is 6.99. The van der Waals surface area contributed by atoms with E-state index in [1.165, 1.54) is 0 Å². The molecule has 3 rings (SSSR count).